The molecule has 23 heavy (non-hydrogen) atoms. The summed E-state index contributed by atoms with van der Waals surface area (Å²) in [6.07, 6.45) is 0.829. The van der Waals surface area contributed by atoms with Crippen molar-refractivity contribution in [3.63, 3.8) is 0 Å². The van der Waals surface area contributed by atoms with Gasteiger partial charge in [0.2, 0.25) is 5.28 Å². The highest BCUT2D eigenvalue weighted by molar-refractivity contribution is 7.19. The minimum Gasteiger partial charge on any atom is -0.362 e. The quantitative estimate of drug-likeness (QED) is 0.668. The van der Waals surface area contributed by atoms with Crippen molar-refractivity contribution in [1.29, 1.82) is 0 Å². The molecular formula is C15H18ClN5S2. The van der Waals surface area contributed by atoms with E-state index in [4.69, 9.17) is 17.3 Å². The topological polar surface area (TPSA) is 76.7 Å². The van der Waals surface area contributed by atoms with Gasteiger partial charge in [0, 0.05) is 22.0 Å². The summed E-state index contributed by atoms with van der Waals surface area (Å²) in [5, 5.41) is 6.66. The van der Waals surface area contributed by atoms with Gasteiger partial charge in [0.25, 0.3) is 0 Å². The van der Waals surface area contributed by atoms with Crippen LogP contribution in [0.15, 0.2) is 5.38 Å². The van der Waals surface area contributed by atoms with Crippen LogP contribution in [-0.4, -0.2) is 21.0 Å². The highest BCUT2D eigenvalue weighted by atomic mass is 35.5. The second-order valence-electron chi connectivity index (χ2n) is 5.59. The largest absolute Gasteiger partial charge is 0.362 e. The van der Waals surface area contributed by atoms with Crippen molar-refractivity contribution >= 4 is 50.3 Å². The van der Waals surface area contributed by atoms with Crippen LogP contribution in [-0.2, 0) is 13.0 Å². The van der Waals surface area contributed by atoms with Crippen molar-refractivity contribution in [2.75, 3.05) is 5.32 Å². The number of anilines is 1. The summed E-state index contributed by atoms with van der Waals surface area (Å²) in [5.74, 6) is 0.761. The van der Waals surface area contributed by atoms with E-state index >= 15 is 0 Å². The summed E-state index contributed by atoms with van der Waals surface area (Å²) >= 11 is 9.42. The van der Waals surface area contributed by atoms with Gasteiger partial charge in [-0.3, -0.25) is 0 Å². The van der Waals surface area contributed by atoms with Crippen molar-refractivity contribution in [2.24, 2.45) is 5.73 Å². The zero-order chi connectivity index (χ0) is 16.6. The number of rotatable bonds is 5. The number of thiazole rings is 1. The fraction of sp³-hybridized carbons (Fsp3) is 0.400. The van der Waals surface area contributed by atoms with Crippen molar-refractivity contribution in [3.05, 3.63) is 31.8 Å². The zero-order valence-corrected chi connectivity index (χ0v) is 15.6. The van der Waals surface area contributed by atoms with Crippen LogP contribution in [0.2, 0.25) is 5.28 Å². The number of fused-ring (bicyclic) bond motifs is 1. The first kappa shape index (κ1) is 16.6. The van der Waals surface area contributed by atoms with Crippen LogP contribution < -0.4 is 11.1 Å². The molecule has 0 aromatic carbocycles. The first-order valence-corrected chi connectivity index (χ1v) is 9.37. The van der Waals surface area contributed by atoms with Gasteiger partial charge in [-0.2, -0.15) is 4.98 Å². The summed E-state index contributed by atoms with van der Waals surface area (Å²) < 4.78 is 1.02. The lowest BCUT2D eigenvalue weighted by molar-refractivity contribution is 0.744. The molecule has 3 aromatic heterocycles. The Bertz CT molecular complexity index is 840. The molecule has 0 aliphatic rings. The Balaban J connectivity index is 1.95. The molecule has 0 saturated carbocycles. The molecule has 0 unspecified atom stereocenters. The first-order valence-electron chi connectivity index (χ1n) is 7.30. The number of nitrogens with one attached hydrogen (secondary N) is 1. The molecule has 0 bridgehead atoms. The number of hydrogen-bond acceptors (Lipinski definition) is 7. The van der Waals surface area contributed by atoms with E-state index in [-0.39, 0.29) is 11.3 Å². The van der Waals surface area contributed by atoms with E-state index in [2.05, 4.69) is 27.2 Å². The van der Waals surface area contributed by atoms with E-state index < -0.39 is 0 Å². The molecule has 0 radical (unpaired) electrons. The maximum absolute atomic E-state index is 6.10. The molecule has 3 heterocycles. The van der Waals surface area contributed by atoms with Gasteiger partial charge in [-0.1, -0.05) is 0 Å². The fourth-order valence-corrected chi connectivity index (χ4v) is 4.59. The number of nitrogens with zero attached hydrogens (tertiary/aromatic N) is 3. The van der Waals surface area contributed by atoms with Crippen LogP contribution in [0, 0.1) is 13.8 Å². The summed E-state index contributed by atoms with van der Waals surface area (Å²) in [5.41, 5.74) is 9.02. The number of hydrogen-bond donors (Lipinski definition) is 2. The van der Waals surface area contributed by atoms with E-state index in [1.54, 1.807) is 22.7 Å². The van der Waals surface area contributed by atoms with E-state index in [0.29, 0.717) is 6.54 Å². The lowest BCUT2D eigenvalue weighted by Gasteiger charge is -2.05. The van der Waals surface area contributed by atoms with Gasteiger partial charge in [-0.15, -0.1) is 22.7 Å². The average Bonchev–Trinajstić information content (AvgIpc) is 3.02. The third-order valence-corrected chi connectivity index (χ3v) is 5.86. The van der Waals surface area contributed by atoms with Gasteiger partial charge in [0.1, 0.15) is 10.8 Å². The van der Waals surface area contributed by atoms with Crippen LogP contribution in [0.25, 0.3) is 10.2 Å². The SMILES string of the molecule is Cc1csc(CNc2nc(Cl)nc3c(C)c(C[C@H](C)N)sc23)n1. The third-order valence-electron chi connectivity index (χ3n) is 3.42. The van der Waals surface area contributed by atoms with E-state index in [1.807, 2.05) is 19.2 Å². The van der Waals surface area contributed by atoms with Crippen LogP contribution in [0.3, 0.4) is 0 Å². The maximum Gasteiger partial charge on any atom is 0.224 e. The number of aromatic nitrogens is 3. The monoisotopic (exact) mass is 367 g/mol. The Kier molecular flexibility index (Phi) is 4.82. The third kappa shape index (κ3) is 3.63. The minimum atomic E-state index is 0.111. The van der Waals surface area contributed by atoms with Gasteiger partial charge in [-0.05, 0) is 44.4 Å². The Morgan fingerprint density at radius 1 is 1.30 bits per heavy atom. The van der Waals surface area contributed by atoms with Crippen LogP contribution in [0.1, 0.15) is 28.1 Å². The Morgan fingerprint density at radius 3 is 2.74 bits per heavy atom. The fourth-order valence-electron chi connectivity index (χ4n) is 2.36. The molecule has 0 amide bonds. The lowest BCUT2D eigenvalue weighted by atomic mass is 10.1. The molecule has 3 aromatic rings. The van der Waals surface area contributed by atoms with Crippen molar-refractivity contribution < 1.29 is 0 Å². The Hall–Kier alpha value is -1.28. The molecule has 0 saturated heterocycles. The number of halogens is 1. The second kappa shape index (κ2) is 6.68. The molecule has 1 atom stereocenters. The van der Waals surface area contributed by atoms with Crippen molar-refractivity contribution in [2.45, 2.75) is 39.8 Å². The highest BCUT2D eigenvalue weighted by Gasteiger charge is 2.16. The molecule has 0 fully saturated rings. The van der Waals surface area contributed by atoms with Crippen molar-refractivity contribution in [3.8, 4) is 0 Å². The predicted octanol–water partition coefficient (Wildman–Crippen LogP) is 3.92. The zero-order valence-electron chi connectivity index (χ0n) is 13.2. The van der Waals surface area contributed by atoms with Crippen molar-refractivity contribution in [1.82, 2.24) is 15.0 Å². The summed E-state index contributed by atoms with van der Waals surface area (Å²) in [7, 11) is 0. The molecule has 3 N–H and O–H groups in total. The standard InChI is InChI=1S/C15H18ClN5S2/c1-7(17)4-10-9(3)12-13(23-10)14(21-15(16)20-12)18-5-11-19-8(2)6-22-11/h6-7H,4-5,17H2,1-3H3,(H,18,20,21)/t7-/m0/s1. The van der Waals surface area contributed by atoms with Gasteiger partial charge >= 0.3 is 0 Å². The molecular weight excluding hydrogens is 350 g/mol. The van der Waals surface area contributed by atoms with Gasteiger partial charge in [0.15, 0.2) is 0 Å². The number of nitrogens with two attached hydrogens (primary N) is 1. The van der Waals surface area contributed by atoms with Gasteiger partial charge < -0.3 is 11.1 Å². The van der Waals surface area contributed by atoms with Gasteiger partial charge in [0.05, 0.1) is 16.8 Å². The maximum atomic E-state index is 6.10. The molecule has 3 rings (SSSR count). The normalized spacial score (nSPS) is 12.7. The summed E-state index contributed by atoms with van der Waals surface area (Å²) in [4.78, 5) is 14.4. The first-order chi connectivity index (χ1) is 10.9. The lowest BCUT2D eigenvalue weighted by Crippen LogP contribution is -2.17. The van der Waals surface area contributed by atoms with E-state index in [1.165, 1.54) is 4.88 Å². The van der Waals surface area contributed by atoms with Crippen LogP contribution >= 0.6 is 34.3 Å². The molecule has 0 aliphatic heterocycles. The average molecular weight is 368 g/mol. The second-order valence-corrected chi connectivity index (χ2v) is 7.97. The molecule has 122 valence electrons. The summed E-state index contributed by atoms with van der Waals surface area (Å²) in [6, 6.07) is 0.111. The molecule has 0 aliphatic carbocycles. The van der Waals surface area contributed by atoms with Crippen LogP contribution in [0.4, 0.5) is 5.82 Å². The Labute approximate surface area is 147 Å². The van der Waals surface area contributed by atoms with E-state index in [9.17, 15) is 0 Å². The highest BCUT2D eigenvalue weighted by Crippen LogP contribution is 2.35. The van der Waals surface area contributed by atoms with Crippen LogP contribution in [0.5, 0.6) is 0 Å². The summed E-state index contributed by atoms with van der Waals surface area (Å²) in [6.45, 7) is 6.68. The molecule has 8 heteroatoms. The predicted molar refractivity (Wildman–Crippen MR) is 98.7 cm³/mol. The Morgan fingerprint density at radius 2 is 2.09 bits per heavy atom. The number of aryl methyl sites for hydroxylation is 2. The molecule has 0 spiro atoms. The van der Waals surface area contributed by atoms with Gasteiger partial charge in [-0.25, -0.2) is 9.97 Å². The van der Waals surface area contributed by atoms with E-state index in [0.717, 1.165) is 38.7 Å². The minimum absolute atomic E-state index is 0.111. The molecule has 5 nitrogen and oxygen atoms in total. The number of thiophene rings is 1. The smallest absolute Gasteiger partial charge is 0.224 e.